The van der Waals surface area contributed by atoms with Crippen LogP contribution in [0.1, 0.15) is 37.9 Å². The molecule has 0 fully saturated rings. The molecule has 0 bridgehead atoms. The van der Waals surface area contributed by atoms with E-state index in [4.69, 9.17) is 9.15 Å². The van der Waals surface area contributed by atoms with E-state index in [1.54, 1.807) is 30.3 Å². The topological polar surface area (TPSA) is 78.5 Å². The Hall–Kier alpha value is -3.93. The summed E-state index contributed by atoms with van der Waals surface area (Å²) in [5, 5.41) is 0.374. The molecule has 0 saturated heterocycles. The lowest BCUT2D eigenvalue weighted by Gasteiger charge is -2.10. The number of aromatic nitrogens is 1. The summed E-state index contributed by atoms with van der Waals surface area (Å²) in [6, 6.07) is 17.5. The normalized spacial score (nSPS) is 10.9. The maximum Gasteiger partial charge on any atom is 0.374 e. The number of carbonyl (C=O) groups is 2. The lowest BCUT2D eigenvalue weighted by atomic mass is 10.1. The van der Waals surface area contributed by atoms with E-state index < -0.39 is 12.6 Å². The third kappa shape index (κ3) is 3.92. The zero-order valence-corrected chi connectivity index (χ0v) is 17.5. The van der Waals surface area contributed by atoms with Gasteiger partial charge in [-0.05, 0) is 51.1 Å². The molecule has 0 aliphatic carbocycles. The lowest BCUT2D eigenvalue weighted by Crippen LogP contribution is -2.16. The molecular weight excluding hydrogens is 394 g/mol. The van der Waals surface area contributed by atoms with Crippen molar-refractivity contribution in [2.45, 2.75) is 20.8 Å². The van der Waals surface area contributed by atoms with E-state index in [0.29, 0.717) is 10.9 Å². The predicted molar refractivity (Wildman–Crippen MR) is 117 cm³/mol. The number of aryl methyl sites for hydroxylation is 2. The molecule has 2 aromatic heterocycles. The van der Waals surface area contributed by atoms with Crippen molar-refractivity contribution in [2.75, 3.05) is 6.61 Å². The number of ether oxygens (including phenoxy) is 1. The molecule has 0 radical (unpaired) electrons. The highest BCUT2D eigenvalue weighted by Gasteiger charge is 2.20. The second-order valence-corrected chi connectivity index (χ2v) is 7.43. The second kappa shape index (κ2) is 8.07. The molecule has 0 aliphatic rings. The van der Waals surface area contributed by atoms with Crippen molar-refractivity contribution in [2.24, 2.45) is 0 Å². The van der Waals surface area contributed by atoms with Gasteiger partial charge in [-0.25, -0.2) is 4.79 Å². The van der Waals surface area contributed by atoms with E-state index in [2.05, 4.69) is 0 Å². The van der Waals surface area contributed by atoms with Gasteiger partial charge in [-0.15, -0.1) is 0 Å². The van der Waals surface area contributed by atoms with Crippen LogP contribution >= 0.6 is 0 Å². The molecule has 4 aromatic rings. The maximum atomic E-state index is 12.7. The molecule has 0 spiro atoms. The van der Waals surface area contributed by atoms with Crippen LogP contribution in [-0.2, 0) is 4.74 Å². The highest BCUT2D eigenvalue weighted by Crippen LogP contribution is 2.22. The molecule has 6 heteroatoms. The summed E-state index contributed by atoms with van der Waals surface area (Å²) < 4.78 is 12.6. The van der Waals surface area contributed by atoms with Crippen LogP contribution in [0.25, 0.3) is 16.7 Å². The molecule has 6 nitrogen and oxygen atoms in total. The third-order valence-electron chi connectivity index (χ3n) is 5.19. The van der Waals surface area contributed by atoms with Gasteiger partial charge in [-0.3, -0.25) is 9.59 Å². The molecule has 0 N–H and O–H groups in total. The largest absolute Gasteiger partial charge is 0.451 e. The number of fused-ring (bicyclic) bond motifs is 1. The highest BCUT2D eigenvalue weighted by molar-refractivity contribution is 6.00. The average molecular weight is 415 g/mol. The van der Waals surface area contributed by atoms with Crippen LogP contribution in [0.3, 0.4) is 0 Å². The minimum absolute atomic E-state index is 0.235. The number of rotatable bonds is 5. The predicted octanol–water partition coefficient (Wildman–Crippen LogP) is 4.55. The number of nitrogens with zero attached hydrogens (tertiary/aromatic N) is 1. The smallest absolute Gasteiger partial charge is 0.374 e. The van der Waals surface area contributed by atoms with Crippen molar-refractivity contribution >= 4 is 22.7 Å². The number of para-hydroxylation sites is 1. The van der Waals surface area contributed by atoms with E-state index in [0.717, 1.165) is 28.7 Å². The number of hydrogen-bond acceptors (Lipinski definition) is 5. The van der Waals surface area contributed by atoms with E-state index in [9.17, 15) is 14.4 Å². The first-order valence-electron chi connectivity index (χ1n) is 9.84. The van der Waals surface area contributed by atoms with E-state index >= 15 is 0 Å². The minimum Gasteiger partial charge on any atom is -0.451 e. The number of hydrogen-bond donors (Lipinski definition) is 0. The van der Waals surface area contributed by atoms with Crippen LogP contribution < -0.4 is 5.43 Å². The third-order valence-corrected chi connectivity index (χ3v) is 5.19. The van der Waals surface area contributed by atoms with Crippen LogP contribution in [0.15, 0.2) is 69.9 Å². The number of esters is 1. The molecule has 2 aromatic carbocycles. The van der Waals surface area contributed by atoms with Crippen molar-refractivity contribution in [1.82, 2.24) is 4.57 Å². The van der Waals surface area contributed by atoms with Crippen molar-refractivity contribution < 1.29 is 18.7 Å². The molecule has 0 saturated carbocycles. The Kier molecular flexibility index (Phi) is 5.29. The lowest BCUT2D eigenvalue weighted by molar-refractivity contribution is 0.0444. The minimum atomic E-state index is -0.858. The summed E-state index contributed by atoms with van der Waals surface area (Å²) in [6.07, 6.45) is 0. The van der Waals surface area contributed by atoms with E-state index in [1.165, 1.54) is 0 Å². The SMILES string of the molecule is Cc1ccc(-n2c(C)cc(C(=O)COC(=O)c3cc(=O)c4ccccc4o3)c2C)cc1. The first kappa shape index (κ1) is 20.3. The fraction of sp³-hybridized carbons (Fsp3) is 0.160. The van der Waals surface area contributed by atoms with Crippen LogP contribution in [0.2, 0.25) is 0 Å². The van der Waals surface area contributed by atoms with E-state index in [-0.39, 0.29) is 22.6 Å². The molecule has 0 atom stereocenters. The molecule has 156 valence electrons. The standard InChI is InChI=1S/C25H21NO5/c1-15-8-10-18(11-9-15)26-16(2)12-20(17(26)3)22(28)14-30-25(29)24-13-21(27)19-6-4-5-7-23(19)31-24/h4-13H,14H2,1-3H3. The van der Waals surface area contributed by atoms with Gasteiger partial charge in [0.25, 0.3) is 0 Å². The summed E-state index contributed by atoms with van der Waals surface area (Å²) >= 11 is 0. The molecule has 0 aliphatic heterocycles. The van der Waals surface area contributed by atoms with Crippen LogP contribution in [0, 0.1) is 20.8 Å². The highest BCUT2D eigenvalue weighted by atomic mass is 16.5. The maximum absolute atomic E-state index is 12.7. The van der Waals surface area contributed by atoms with Gasteiger partial charge in [0.1, 0.15) is 5.58 Å². The Balaban J connectivity index is 1.53. The fourth-order valence-corrected chi connectivity index (χ4v) is 3.62. The molecule has 4 rings (SSSR count). The first-order chi connectivity index (χ1) is 14.8. The Morgan fingerprint density at radius 2 is 1.68 bits per heavy atom. The molecule has 0 amide bonds. The summed E-state index contributed by atoms with van der Waals surface area (Å²) in [5.74, 6) is -1.42. The number of Topliss-reactive ketones (excluding diaryl/α,β-unsaturated/α-hetero) is 1. The van der Waals surface area contributed by atoms with Crippen LogP contribution in [-0.4, -0.2) is 22.9 Å². The second-order valence-electron chi connectivity index (χ2n) is 7.43. The Morgan fingerprint density at radius 1 is 0.968 bits per heavy atom. The molecule has 31 heavy (non-hydrogen) atoms. The van der Waals surface area contributed by atoms with Gasteiger partial charge >= 0.3 is 5.97 Å². The van der Waals surface area contributed by atoms with Crippen LogP contribution in [0.5, 0.6) is 0 Å². The molecule has 0 unspecified atom stereocenters. The quantitative estimate of drug-likeness (QED) is 0.353. The first-order valence-corrected chi connectivity index (χ1v) is 9.84. The zero-order valence-electron chi connectivity index (χ0n) is 17.5. The summed E-state index contributed by atoms with van der Waals surface area (Å²) in [5.41, 5.74) is 4.18. The monoisotopic (exact) mass is 415 g/mol. The van der Waals surface area contributed by atoms with Crippen molar-refractivity contribution in [3.05, 3.63) is 99.2 Å². The average Bonchev–Trinajstić information content (AvgIpc) is 3.06. The molecule has 2 heterocycles. The number of carbonyl (C=O) groups excluding carboxylic acids is 2. The van der Waals surface area contributed by atoms with Crippen molar-refractivity contribution in [1.29, 1.82) is 0 Å². The fourth-order valence-electron chi connectivity index (χ4n) is 3.62. The van der Waals surface area contributed by atoms with Gasteiger partial charge in [0.15, 0.2) is 12.0 Å². The summed E-state index contributed by atoms with van der Waals surface area (Å²) in [6.45, 7) is 5.33. The number of ketones is 1. The number of benzene rings is 2. The van der Waals surface area contributed by atoms with Gasteiger partial charge in [-0.2, -0.15) is 0 Å². The van der Waals surface area contributed by atoms with Gasteiger partial charge in [-0.1, -0.05) is 29.8 Å². The van der Waals surface area contributed by atoms with Gasteiger partial charge < -0.3 is 13.7 Å². The van der Waals surface area contributed by atoms with Crippen molar-refractivity contribution in [3.8, 4) is 5.69 Å². The Bertz CT molecular complexity index is 1360. The zero-order chi connectivity index (χ0) is 22.1. The van der Waals surface area contributed by atoms with E-state index in [1.807, 2.05) is 49.6 Å². The Labute approximate surface area is 178 Å². The van der Waals surface area contributed by atoms with Gasteiger partial charge in [0, 0.05) is 28.7 Å². The van der Waals surface area contributed by atoms with Gasteiger partial charge in [0.2, 0.25) is 11.5 Å². The van der Waals surface area contributed by atoms with Crippen LogP contribution in [0.4, 0.5) is 0 Å². The van der Waals surface area contributed by atoms with Gasteiger partial charge in [0.05, 0.1) is 5.39 Å². The van der Waals surface area contributed by atoms with Crippen molar-refractivity contribution in [3.63, 3.8) is 0 Å². The summed E-state index contributed by atoms with van der Waals surface area (Å²) in [7, 11) is 0. The summed E-state index contributed by atoms with van der Waals surface area (Å²) in [4.78, 5) is 37.3. The molecular formula is C25H21NO5. The Morgan fingerprint density at radius 3 is 2.42 bits per heavy atom.